The maximum Gasteiger partial charge on any atom is 0.255 e. The summed E-state index contributed by atoms with van der Waals surface area (Å²) in [7, 11) is 0. The van der Waals surface area contributed by atoms with Crippen LogP contribution in [-0.4, -0.2) is 34.6 Å². The molecule has 0 atom stereocenters. The number of halogens is 1. The Bertz CT molecular complexity index is 1110. The first-order chi connectivity index (χ1) is 15.1. The molecule has 0 saturated heterocycles. The largest absolute Gasteiger partial charge is 0.490 e. The lowest BCUT2D eigenvalue weighted by atomic mass is 10.0. The van der Waals surface area contributed by atoms with Gasteiger partial charge in [0.25, 0.3) is 5.56 Å². The number of nitrogens with one attached hydrogen (secondary N) is 1. The standard InChI is InChI=1S/C24H26ClN3O3/c1-3-30-21-7-5-6-17(22(21)31-4-2)14-28-13-12-20-19(15-28)24(29)27-23(26-20)16-8-10-18(25)11-9-16/h5-11H,3-4,12-15H2,1-2H3,(H,26,27,29). The predicted octanol–water partition coefficient (Wildman–Crippen LogP) is 4.45. The summed E-state index contributed by atoms with van der Waals surface area (Å²) >= 11 is 5.97. The van der Waals surface area contributed by atoms with Crippen molar-refractivity contribution in [3.8, 4) is 22.9 Å². The van der Waals surface area contributed by atoms with Crippen LogP contribution in [0.5, 0.6) is 11.5 Å². The van der Waals surface area contributed by atoms with E-state index in [0.717, 1.165) is 46.8 Å². The number of fused-ring (bicyclic) bond motifs is 1. The van der Waals surface area contributed by atoms with Crippen LogP contribution in [0.3, 0.4) is 0 Å². The van der Waals surface area contributed by atoms with Crippen LogP contribution >= 0.6 is 11.6 Å². The minimum Gasteiger partial charge on any atom is -0.490 e. The zero-order valence-corrected chi connectivity index (χ0v) is 18.5. The molecule has 0 fully saturated rings. The molecule has 162 valence electrons. The van der Waals surface area contributed by atoms with E-state index in [2.05, 4.69) is 16.0 Å². The Labute approximate surface area is 186 Å². The molecule has 1 aromatic heterocycles. The summed E-state index contributed by atoms with van der Waals surface area (Å²) in [5.74, 6) is 2.12. The lowest BCUT2D eigenvalue weighted by Crippen LogP contribution is -2.35. The van der Waals surface area contributed by atoms with Gasteiger partial charge in [-0.25, -0.2) is 4.98 Å². The lowest BCUT2D eigenvalue weighted by molar-refractivity contribution is 0.232. The average molecular weight is 440 g/mol. The summed E-state index contributed by atoms with van der Waals surface area (Å²) in [6, 6.07) is 13.3. The van der Waals surface area contributed by atoms with Crippen molar-refractivity contribution < 1.29 is 9.47 Å². The summed E-state index contributed by atoms with van der Waals surface area (Å²) in [6.07, 6.45) is 0.717. The molecule has 7 heteroatoms. The molecule has 1 aliphatic heterocycles. The Balaban J connectivity index is 1.57. The third kappa shape index (κ3) is 4.75. The van der Waals surface area contributed by atoms with Gasteiger partial charge in [0, 0.05) is 42.2 Å². The molecule has 0 unspecified atom stereocenters. The van der Waals surface area contributed by atoms with Crippen molar-refractivity contribution in [1.82, 2.24) is 14.9 Å². The maximum absolute atomic E-state index is 12.8. The highest BCUT2D eigenvalue weighted by Crippen LogP contribution is 2.33. The number of aromatic amines is 1. The number of hydrogen-bond donors (Lipinski definition) is 1. The van der Waals surface area contributed by atoms with E-state index in [1.807, 2.05) is 38.1 Å². The molecular formula is C24H26ClN3O3. The van der Waals surface area contributed by atoms with Gasteiger partial charge in [0.15, 0.2) is 11.5 Å². The Morgan fingerprint density at radius 2 is 1.87 bits per heavy atom. The molecule has 2 heterocycles. The van der Waals surface area contributed by atoms with Gasteiger partial charge in [-0.3, -0.25) is 9.69 Å². The minimum atomic E-state index is -0.0900. The molecule has 0 saturated carbocycles. The normalized spacial score (nSPS) is 13.6. The van der Waals surface area contributed by atoms with Crippen molar-refractivity contribution in [1.29, 1.82) is 0 Å². The van der Waals surface area contributed by atoms with E-state index in [1.165, 1.54) is 0 Å². The zero-order valence-electron chi connectivity index (χ0n) is 17.8. The highest BCUT2D eigenvalue weighted by Gasteiger charge is 2.23. The smallest absolute Gasteiger partial charge is 0.255 e. The minimum absolute atomic E-state index is 0.0900. The first-order valence-corrected chi connectivity index (χ1v) is 10.9. The van der Waals surface area contributed by atoms with E-state index < -0.39 is 0 Å². The number of nitrogens with zero attached hydrogens (tertiary/aromatic N) is 2. The first-order valence-electron chi connectivity index (χ1n) is 10.6. The summed E-state index contributed by atoms with van der Waals surface area (Å²) in [6.45, 7) is 7.11. The van der Waals surface area contributed by atoms with Crippen LogP contribution < -0.4 is 15.0 Å². The second-order valence-electron chi connectivity index (χ2n) is 7.42. The zero-order chi connectivity index (χ0) is 21.8. The molecule has 6 nitrogen and oxygen atoms in total. The summed E-state index contributed by atoms with van der Waals surface area (Å²) in [5.41, 5.74) is 3.40. The molecule has 0 radical (unpaired) electrons. The number of aromatic nitrogens is 2. The molecule has 0 aliphatic carbocycles. The highest BCUT2D eigenvalue weighted by molar-refractivity contribution is 6.30. The fourth-order valence-electron chi connectivity index (χ4n) is 3.86. The van der Waals surface area contributed by atoms with Crippen molar-refractivity contribution >= 4 is 11.6 Å². The van der Waals surface area contributed by atoms with Gasteiger partial charge in [0.2, 0.25) is 0 Å². The van der Waals surface area contributed by atoms with E-state index in [-0.39, 0.29) is 5.56 Å². The van der Waals surface area contributed by atoms with E-state index in [9.17, 15) is 4.79 Å². The van der Waals surface area contributed by atoms with Crippen molar-refractivity contribution in [2.24, 2.45) is 0 Å². The van der Waals surface area contributed by atoms with E-state index in [0.29, 0.717) is 37.2 Å². The third-order valence-electron chi connectivity index (χ3n) is 5.31. The molecule has 3 aromatic rings. The van der Waals surface area contributed by atoms with E-state index >= 15 is 0 Å². The van der Waals surface area contributed by atoms with Crippen LogP contribution in [0, 0.1) is 0 Å². The van der Waals surface area contributed by atoms with Gasteiger partial charge >= 0.3 is 0 Å². The number of ether oxygens (including phenoxy) is 2. The summed E-state index contributed by atoms with van der Waals surface area (Å²) in [4.78, 5) is 22.7. The topological polar surface area (TPSA) is 67.5 Å². The lowest BCUT2D eigenvalue weighted by Gasteiger charge is -2.28. The van der Waals surface area contributed by atoms with Crippen LogP contribution in [0.4, 0.5) is 0 Å². The van der Waals surface area contributed by atoms with Crippen LogP contribution in [0.1, 0.15) is 30.7 Å². The number of rotatable bonds is 7. The van der Waals surface area contributed by atoms with Gasteiger partial charge in [-0.1, -0.05) is 23.7 Å². The quantitative estimate of drug-likeness (QED) is 0.589. The fraction of sp³-hybridized carbons (Fsp3) is 0.333. The molecule has 31 heavy (non-hydrogen) atoms. The second-order valence-corrected chi connectivity index (χ2v) is 7.85. The van der Waals surface area contributed by atoms with Gasteiger partial charge < -0.3 is 14.5 Å². The molecular weight excluding hydrogens is 414 g/mol. The van der Waals surface area contributed by atoms with Crippen molar-refractivity contribution in [2.75, 3.05) is 19.8 Å². The van der Waals surface area contributed by atoms with Crippen molar-refractivity contribution in [2.45, 2.75) is 33.4 Å². The first kappa shape index (κ1) is 21.4. The van der Waals surface area contributed by atoms with E-state index in [1.54, 1.807) is 12.1 Å². The number of hydrogen-bond acceptors (Lipinski definition) is 5. The second kappa shape index (κ2) is 9.54. The molecule has 0 spiro atoms. The van der Waals surface area contributed by atoms with Gasteiger partial charge in [-0.2, -0.15) is 0 Å². The van der Waals surface area contributed by atoms with Gasteiger partial charge in [-0.15, -0.1) is 0 Å². The number of benzene rings is 2. The summed E-state index contributed by atoms with van der Waals surface area (Å²) < 4.78 is 11.6. The van der Waals surface area contributed by atoms with Crippen LogP contribution in [0.15, 0.2) is 47.3 Å². The van der Waals surface area contributed by atoms with Crippen LogP contribution in [-0.2, 0) is 19.5 Å². The van der Waals surface area contributed by atoms with Gasteiger partial charge in [0.1, 0.15) is 5.82 Å². The SMILES string of the molecule is CCOc1cccc(CN2CCc3nc(-c4ccc(Cl)cc4)[nH]c(=O)c3C2)c1OCC. The summed E-state index contributed by atoms with van der Waals surface area (Å²) in [5, 5.41) is 0.652. The third-order valence-corrected chi connectivity index (χ3v) is 5.56. The van der Waals surface area contributed by atoms with Gasteiger partial charge in [-0.05, 0) is 44.2 Å². The van der Waals surface area contributed by atoms with Crippen LogP contribution in [0.2, 0.25) is 5.02 Å². The Kier molecular flexibility index (Phi) is 6.59. The van der Waals surface area contributed by atoms with Crippen molar-refractivity contribution in [3.63, 3.8) is 0 Å². The molecule has 4 rings (SSSR count). The Hall–Kier alpha value is -2.83. The molecule has 1 aliphatic rings. The fourth-order valence-corrected chi connectivity index (χ4v) is 3.99. The van der Waals surface area contributed by atoms with Crippen molar-refractivity contribution in [3.05, 3.63) is 74.7 Å². The average Bonchev–Trinajstić information content (AvgIpc) is 2.77. The molecule has 1 N–H and O–H groups in total. The molecule has 0 amide bonds. The van der Waals surface area contributed by atoms with Gasteiger partial charge in [0.05, 0.1) is 24.5 Å². The molecule has 0 bridgehead atoms. The Morgan fingerprint density at radius 3 is 2.61 bits per heavy atom. The molecule has 2 aromatic carbocycles. The number of H-pyrrole nitrogens is 1. The van der Waals surface area contributed by atoms with Crippen LogP contribution in [0.25, 0.3) is 11.4 Å². The predicted molar refractivity (Wildman–Crippen MR) is 122 cm³/mol. The monoisotopic (exact) mass is 439 g/mol. The highest BCUT2D eigenvalue weighted by atomic mass is 35.5. The number of para-hydroxylation sites is 1. The Morgan fingerprint density at radius 1 is 1.10 bits per heavy atom. The maximum atomic E-state index is 12.8. The van der Waals surface area contributed by atoms with E-state index in [4.69, 9.17) is 26.1 Å².